The highest BCUT2D eigenvalue weighted by atomic mass is 32.2. The minimum atomic E-state index is 0.0291. The van der Waals surface area contributed by atoms with Crippen LogP contribution in [0.1, 0.15) is 23.1 Å². The summed E-state index contributed by atoms with van der Waals surface area (Å²) in [6.07, 6.45) is 1.02. The summed E-state index contributed by atoms with van der Waals surface area (Å²) >= 11 is 3.45. The van der Waals surface area contributed by atoms with Gasteiger partial charge in [-0.05, 0) is 18.6 Å². The van der Waals surface area contributed by atoms with E-state index in [-0.39, 0.29) is 5.56 Å². The second kappa shape index (κ2) is 4.31. The Bertz CT molecular complexity index is 615. The third kappa shape index (κ3) is 1.93. The van der Waals surface area contributed by atoms with Crippen LogP contribution >= 0.6 is 23.1 Å². The Morgan fingerprint density at radius 2 is 2.29 bits per heavy atom. The Kier molecular flexibility index (Phi) is 2.80. The molecule has 0 bridgehead atoms. The first-order valence-electron chi connectivity index (χ1n) is 5.57. The maximum absolute atomic E-state index is 11.9. The first kappa shape index (κ1) is 11.0. The fraction of sp³-hybridized carbons (Fsp3) is 0.333. The van der Waals surface area contributed by atoms with Gasteiger partial charge >= 0.3 is 0 Å². The van der Waals surface area contributed by atoms with Gasteiger partial charge in [-0.15, -0.1) is 11.3 Å². The van der Waals surface area contributed by atoms with Crippen LogP contribution < -0.4 is 5.56 Å². The van der Waals surface area contributed by atoms with Crippen LogP contribution in [0.3, 0.4) is 0 Å². The molecule has 0 fully saturated rings. The van der Waals surface area contributed by atoms with Crippen molar-refractivity contribution in [2.24, 2.45) is 0 Å². The van der Waals surface area contributed by atoms with Gasteiger partial charge in [0.25, 0.3) is 5.56 Å². The maximum Gasteiger partial charge on any atom is 0.255 e. The first-order chi connectivity index (χ1) is 8.28. The minimum Gasteiger partial charge on any atom is -0.306 e. The number of H-pyrrole nitrogens is 1. The highest BCUT2D eigenvalue weighted by Gasteiger charge is 2.18. The molecule has 3 rings (SSSR count). The molecule has 0 radical (unpaired) electrons. The molecule has 3 nitrogen and oxygen atoms in total. The number of fused-ring (bicyclic) bond motifs is 1. The van der Waals surface area contributed by atoms with Gasteiger partial charge in [-0.3, -0.25) is 4.79 Å². The van der Waals surface area contributed by atoms with Crippen molar-refractivity contribution in [3.8, 4) is 10.7 Å². The standard InChI is InChI=1S/C12H12N2OS2/c1-2-7-3-4-10(17-7)11-13-9-6-16-5-8(9)12(15)14-11/h3-4H,2,5-6H2,1H3,(H,13,14,15). The monoisotopic (exact) mass is 264 g/mol. The van der Waals surface area contributed by atoms with Crippen LogP contribution in [0, 0.1) is 0 Å². The van der Waals surface area contributed by atoms with Crippen molar-refractivity contribution in [1.82, 2.24) is 9.97 Å². The number of nitrogens with one attached hydrogen (secondary N) is 1. The summed E-state index contributed by atoms with van der Waals surface area (Å²) < 4.78 is 0. The molecule has 17 heavy (non-hydrogen) atoms. The Morgan fingerprint density at radius 1 is 1.41 bits per heavy atom. The summed E-state index contributed by atoms with van der Waals surface area (Å²) in [6.45, 7) is 2.13. The number of nitrogens with zero attached hydrogens (tertiary/aromatic N) is 1. The van der Waals surface area contributed by atoms with Gasteiger partial charge in [0, 0.05) is 21.9 Å². The zero-order chi connectivity index (χ0) is 11.8. The summed E-state index contributed by atoms with van der Waals surface area (Å²) in [7, 11) is 0. The molecule has 0 spiro atoms. The minimum absolute atomic E-state index is 0.0291. The van der Waals surface area contributed by atoms with Crippen LogP contribution in [0.25, 0.3) is 10.7 Å². The molecule has 0 unspecified atom stereocenters. The lowest BCUT2D eigenvalue weighted by Crippen LogP contribution is -2.14. The average Bonchev–Trinajstić information content (AvgIpc) is 2.97. The predicted molar refractivity (Wildman–Crippen MR) is 72.5 cm³/mol. The van der Waals surface area contributed by atoms with E-state index < -0.39 is 0 Å². The molecular formula is C12H12N2OS2. The number of thioether (sulfide) groups is 1. The first-order valence-corrected chi connectivity index (χ1v) is 7.54. The summed E-state index contributed by atoms with van der Waals surface area (Å²) in [5.74, 6) is 2.38. The van der Waals surface area contributed by atoms with Crippen LogP contribution in [-0.4, -0.2) is 9.97 Å². The van der Waals surface area contributed by atoms with Gasteiger partial charge in [0.2, 0.25) is 0 Å². The lowest BCUT2D eigenvalue weighted by atomic mass is 10.2. The zero-order valence-electron chi connectivity index (χ0n) is 9.45. The van der Waals surface area contributed by atoms with Gasteiger partial charge in [0.1, 0.15) is 0 Å². The Hall–Kier alpha value is -1.07. The van der Waals surface area contributed by atoms with Crippen LogP contribution in [0.15, 0.2) is 16.9 Å². The quantitative estimate of drug-likeness (QED) is 0.907. The second-order valence-electron chi connectivity index (χ2n) is 3.95. The van der Waals surface area contributed by atoms with Gasteiger partial charge in [-0.25, -0.2) is 4.98 Å². The molecule has 0 saturated heterocycles. The van der Waals surface area contributed by atoms with E-state index >= 15 is 0 Å². The fourth-order valence-corrected chi connectivity index (χ4v) is 3.80. The fourth-order valence-electron chi connectivity index (χ4n) is 1.87. The van der Waals surface area contributed by atoms with Gasteiger partial charge in [0.15, 0.2) is 5.82 Å². The summed E-state index contributed by atoms with van der Waals surface area (Å²) in [4.78, 5) is 21.7. The van der Waals surface area contributed by atoms with E-state index in [1.807, 2.05) is 6.07 Å². The van der Waals surface area contributed by atoms with Crippen molar-refractivity contribution in [3.63, 3.8) is 0 Å². The molecule has 0 amide bonds. The molecule has 88 valence electrons. The number of thiophene rings is 1. The number of hydrogen-bond acceptors (Lipinski definition) is 4. The lowest BCUT2D eigenvalue weighted by molar-refractivity contribution is 1.04. The highest BCUT2D eigenvalue weighted by Crippen LogP contribution is 2.29. The summed E-state index contributed by atoms with van der Waals surface area (Å²) in [6, 6.07) is 4.14. The maximum atomic E-state index is 11.9. The van der Waals surface area contributed by atoms with Crippen molar-refractivity contribution >= 4 is 23.1 Å². The molecule has 2 aromatic heterocycles. The summed E-state index contributed by atoms with van der Waals surface area (Å²) in [5, 5.41) is 0. The van der Waals surface area contributed by atoms with E-state index in [0.29, 0.717) is 0 Å². The number of aryl methyl sites for hydroxylation is 1. The third-order valence-electron chi connectivity index (χ3n) is 2.83. The van der Waals surface area contributed by atoms with E-state index in [0.717, 1.165) is 39.9 Å². The van der Waals surface area contributed by atoms with Crippen molar-refractivity contribution in [3.05, 3.63) is 38.6 Å². The van der Waals surface area contributed by atoms with E-state index in [1.54, 1.807) is 23.1 Å². The van der Waals surface area contributed by atoms with Gasteiger partial charge in [0.05, 0.1) is 10.6 Å². The van der Waals surface area contributed by atoms with Crippen molar-refractivity contribution in [2.45, 2.75) is 24.9 Å². The van der Waals surface area contributed by atoms with Crippen molar-refractivity contribution in [1.29, 1.82) is 0 Å². The topological polar surface area (TPSA) is 45.8 Å². The smallest absolute Gasteiger partial charge is 0.255 e. The van der Waals surface area contributed by atoms with Gasteiger partial charge in [-0.2, -0.15) is 11.8 Å². The van der Waals surface area contributed by atoms with Gasteiger partial charge < -0.3 is 4.98 Å². The molecule has 0 saturated carbocycles. The Labute approximate surface area is 107 Å². The molecule has 5 heteroatoms. The third-order valence-corrected chi connectivity index (χ3v) is 5.04. The highest BCUT2D eigenvalue weighted by molar-refractivity contribution is 7.98. The molecule has 0 aromatic carbocycles. The van der Waals surface area contributed by atoms with Crippen molar-refractivity contribution in [2.75, 3.05) is 0 Å². The van der Waals surface area contributed by atoms with E-state index in [1.165, 1.54) is 4.88 Å². The van der Waals surface area contributed by atoms with E-state index in [9.17, 15) is 4.79 Å². The van der Waals surface area contributed by atoms with Crippen LogP contribution in [0.5, 0.6) is 0 Å². The molecule has 3 heterocycles. The lowest BCUT2D eigenvalue weighted by Gasteiger charge is -2.00. The molecular weight excluding hydrogens is 252 g/mol. The van der Waals surface area contributed by atoms with Crippen molar-refractivity contribution < 1.29 is 0 Å². The molecule has 1 aliphatic rings. The number of aromatic nitrogens is 2. The molecule has 2 aromatic rings. The number of aromatic amines is 1. The molecule has 1 aliphatic heterocycles. The van der Waals surface area contributed by atoms with Crippen LogP contribution in [-0.2, 0) is 17.9 Å². The molecule has 0 atom stereocenters. The normalized spacial score (nSPS) is 13.9. The van der Waals surface area contributed by atoms with Crippen LogP contribution in [0.4, 0.5) is 0 Å². The number of hydrogen-bond donors (Lipinski definition) is 1. The largest absolute Gasteiger partial charge is 0.306 e. The second-order valence-corrected chi connectivity index (χ2v) is 6.11. The average molecular weight is 264 g/mol. The van der Waals surface area contributed by atoms with E-state index in [4.69, 9.17) is 0 Å². The van der Waals surface area contributed by atoms with Crippen LogP contribution in [0.2, 0.25) is 0 Å². The summed E-state index contributed by atoms with van der Waals surface area (Å²) in [5.41, 5.74) is 1.84. The number of rotatable bonds is 2. The van der Waals surface area contributed by atoms with E-state index in [2.05, 4.69) is 23.0 Å². The molecule has 0 aliphatic carbocycles. The van der Waals surface area contributed by atoms with Gasteiger partial charge in [-0.1, -0.05) is 6.92 Å². The predicted octanol–water partition coefficient (Wildman–Crippen LogP) is 2.81. The zero-order valence-corrected chi connectivity index (χ0v) is 11.1. The Morgan fingerprint density at radius 3 is 3.06 bits per heavy atom. The Balaban J connectivity index is 2.09. The SMILES string of the molecule is CCc1ccc(-c2nc3c(c(=O)[nH]2)CSC3)s1. The molecule has 1 N–H and O–H groups in total.